The predicted octanol–water partition coefficient (Wildman–Crippen LogP) is 2.77. The van der Waals surface area contributed by atoms with Crippen LogP contribution in [0.3, 0.4) is 0 Å². The third-order valence-electron chi connectivity index (χ3n) is 3.24. The van der Waals surface area contributed by atoms with Crippen LogP contribution < -0.4 is 4.74 Å². The van der Waals surface area contributed by atoms with Crippen LogP contribution in [0.5, 0.6) is 5.75 Å². The molecule has 0 saturated heterocycles. The number of hydrogen-bond acceptors (Lipinski definition) is 2. The standard InChI is InChI=1S/C14H17NO3/c1-9(7-13(16)17)10-8-15(2)11-5-4-6-12(18-3)14(10)11/h4-6,8-9H,7H2,1-3H3,(H,16,17). The number of rotatable bonds is 4. The number of benzene rings is 1. The van der Waals surface area contributed by atoms with Crippen molar-refractivity contribution >= 4 is 16.9 Å². The fourth-order valence-corrected chi connectivity index (χ4v) is 2.36. The van der Waals surface area contributed by atoms with E-state index in [1.807, 2.05) is 42.9 Å². The minimum Gasteiger partial charge on any atom is -0.496 e. The zero-order valence-corrected chi connectivity index (χ0v) is 10.8. The highest BCUT2D eigenvalue weighted by molar-refractivity contribution is 5.90. The third-order valence-corrected chi connectivity index (χ3v) is 3.24. The molecule has 1 aromatic heterocycles. The van der Waals surface area contributed by atoms with Crippen LogP contribution in [0.4, 0.5) is 0 Å². The zero-order chi connectivity index (χ0) is 13.3. The van der Waals surface area contributed by atoms with Gasteiger partial charge in [0, 0.05) is 18.6 Å². The summed E-state index contributed by atoms with van der Waals surface area (Å²) >= 11 is 0. The molecule has 0 amide bonds. The van der Waals surface area contributed by atoms with Crippen molar-refractivity contribution in [3.05, 3.63) is 30.0 Å². The van der Waals surface area contributed by atoms with E-state index in [1.165, 1.54) is 0 Å². The molecule has 0 aliphatic rings. The first kappa shape index (κ1) is 12.5. The molecular weight excluding hydrogens is 230 g/mol. The molecule has 0 saturated carbocycles. The number of aromatic nitrogens is 1. The van der Waals surface area contributed by atoms with Gasteiger partial charge in [-0.25, -0.2) is 0 Å². The fraction of sp³-hybridized carbons (Fsp3) is 0.357. The van der Waals surface area contributed by atoms with Crippen LogP contribution in [0.25, 0.3) is 10.9 Å². The van der Waals surface area contributed by atoms with Crippen molar-refractivity contribution in [2.45, 2.75) is 19.3 Å². The van der Waals surface area contributed by atoms with Crippen molar-refractivity contribution in [3.63, 3.8) is 0 Å². The van der Waals surface area contributed by atoms with Crippen LogP contribution in [-0.2, 0) is 11.8 Å². The Morgan fingerprint density at radius 3 is 2.83 bits per heavy atom. The number of carboxylic acids is 1. The molecule has 0 radical (unpaired) electrons. The van der Waals surface area contributed by atoms with Gasteiger partial charge in [-0.3, -0.25) is 4.79 Å². The van der Waals surface area contributed by atoms with Gasteiger partial charge in [0.2, 0.25) is 0 Å². The van der Waals surface area contributed by atoms with Gasteiger partial charge < -0.3 is 14.4 Å². The van der Waals surface area contributed by atoms with Gasteiger partial charge in [0.25, 0.3) is 0 Å². The highest BCUT2D eigenvalue weighted by atomic mass is 16.5. The van der Waals surface area contributed by atoms with E-state index in [-0.39, 0.29) is 12.3 Å². The van der Waals surface area contributed by atoms with Crippen molar-refractivity contribution < 1.29 is 14.6 Å². The van der Waals surface area contributed by atoms with Gasteiger partial charge in [-0.2, -0.15) is 0 Å². The highest BCUT2D eigenvalue weighted by Gasteiger charge is 2.18. The molecule has 1 unspecified atom stereocenters. The van der Waals surface area contributed by atoms with E-state index in [9.17, 15) is 4.79 Å². The average molecular weight is 247 g/mol. The highest BCUT2D eigenvalue weighted by Crippen LogP contribution is 2.35. The van der Waals surface area contributed by atoms with Gasteiger partial charge in [-0.05, 0) is 23.6 Å². The second-order valence-corrected chi connectivity index (χ2v) is 4.55. The van der Waals surface area contributed by atoms with Crippen molar-refractivity contribution in [2.24, 2.45) is 7.05 Å². The summed E-state index contributed by atoms with van der Waals surface area (Å²) in [5.74, 6) is -0.0303. The van der Waals surface area contributed by atoms with E-state index < -0.39 is 5.97 Å². The lowest BCUT2D eigenvalue weighted by atomic mass is 9.97. The lowest BCUT2D eigenvalue weighted by Crippen LogP contribution is -2.02. The molecular formula is C14H17NO3. The largest absolute Gasteiger partial charge is 0.496 e. The third kappa shape index (κ3) is 2.06. The Balaban J connectivity index is 2.60. The van der Waals surface area contributed by atoms with E-state index in [0.717, 1.165) is 22.2 Å². The second kappa shape index (κ2) is 4.72. The zero-order valence-electron chi connectivity index (χ0n) is 10.8. The normalized spacial score (nSPS) is 12.6. The summed E-state index contributed by atoms with van der Waals surface area (Å²) in [6, 6.07) is 5.85. The number of methoxy groups -OCH3 is 1. The quantitative estimate of drug-likeness (QED) is 0.903. The molecule has 1 heterocycles. The van der Waals surface area contributed by atoms with Crippen LogP contribution >= 0.6 is 0 Å². The van der Waals surface area contributed by atoms with Crippen LogP contribution in [0, 0.1) is 0 Å². The molecule has 0 fully saturated rings. The minimum atomic E-state index is -0.783. The summed E-state index contributed by atoms with van der Waals surface area (Å²) in [5, 5.41) is 9.92. The van der Waals surface area contributed by atoms with E-state index in [4.69, 9.17) is 9.84 Å². The topological polar surface area (TPSA) is 51.5 Å². The molecule has 2 rings (SSSR count). The Morgan fingerprint density at radius 2 is 2.22 bits per heavy atom. The first-order valence-corrected chi connectivity index (χ1v) is 5.88. The monoisotopic (exact) mass is 247 g/mol. The number of aryl methyl sites for hydroxylation is 1. The summed E-state index contributed by atoms with van der Waals surface area (Å²) < 4.78 is 7.38. The fourth-order valence-electron chi connectivity index (χ4n) is 2.36. The Hall–Kier alpha value is -1.97. The molecule has 0 bridgehead atoms. The van der Waals surface area contributed by atoms with Gasteiger partial charge in [0.05, 0.1) is 19.0 Å². The van der Waals surface area contributed by atoms with Crippen LogP contribution in [0.15, 0.2) is 24.4 Å². The van der Waals surface area contributed by atoms with E-state index >= 15 is 0 Å². The smallest absolute Gasteiger partial charge is 0.303 e. The number of nitrogens with zero attached hydrogens (tertiary/aromatic N) is 1. The number of fused-ring (bicyclic) bond motifs is 1. The summed E-state index contributed by atoms with van der Waals surface area (Å²) in [7, 11) is 3.59. The predicted molar refractivity (Wildman–Crippen MR) is 70.1 cm³/mol. The van der Waals surface area contributed by atoms with Crippen molar-refractivity contribution in [2.75, 3.05) is 7.11 Å². The van der Waals surface area contributed by atoms with Crippen LogP contribution in [-0.4, -0.2) is 22.8 Å². The molecule has 96 valence electrons. The Bertz CT molecular complexity index is 586. The number of aliphatic carboxylic acids is 1. The summed E-state index contributed by atoms with van der Waals surface area (Å²) in [5.41, 5.74) is 2.08. The Labute approximate surface area is 106 Å². The maximum atomic E-state index is 10.8. The molecule has 18 heavy (non-hydrogen) atoms. The van der Waals surface area contributed by atoms with Crippen molar-refractivity contribution in [1.82, 2.24) is 4.57 Å². The first-order valence-electron chi connectivity index (χ1n) is 5.88. The summed E-state index contributed by atoms with van der Waals surface area (Å²) in [6.07, 6.45) is 2.11. The van der Waals surface area contributed by atoms with Crippen molar-refractivity contribution in [3.8, 4) is 5.75 Å². The number of hydrogen-bond donors (Lipinski definition) is 1. The molecule has 2 aromatic rings. The summed E-state index contributed by atoms with van der Waals surface area (Å²) in [6.45, 7) is 1.93. The minimum absolute atomic E-state index is 0.0394. The SMILES string of the molecule is COc1cccc2c1c(C(C)CC(=O)O)cn2C. The molecule has 1 N–H and O–H groups in total. The number of ether oxygens (including phenoxy) is 1. The maximum Gasteiger partial charge on any atom is 0.303 e. The van der Waals surface area contributed by atoms with Crippen molar-refractivity contribution in [1.29, 1.82) is 0 Å². The molecule has 0 aliphatic carbocycles. The van der Waals surface area contributed by atoms with Gasteiger partial charge >= 0.3 is 5.97 Å². The lowest BCUT2D eigenvalue weighted by Gasteiger charge is -2.09. The van der Waals surface area contributed by atoms with Crippen LogP contribution in [0.2, 0.25) is 0 Å². The molecule has 0 aliphatic heterocycles. The van der Waals surface area contributed by atoms with Crippen LogP contribution in [0.1, 0.15) is 24.8 Å². The molecule has 1 atom stereocenters. The van der Waals surface area contributed by atoms with E-state index in [0.29, 0.717) is 0 Å². The van der Waals surface area contributed by atoms with E-state index in [1.54, 1.807) is 7.11 Å². The average Bonchev–Trinajstić information content (AvgIpc) is 2.66. The van der Waals surface area contributed by atoms with Gasteiger partial charge in [-0.15, -0.1) is 0 Å². The van der Waals surface area contributed by atoms with Gasteiger partial charge in [-0.1, -0.05) is 13.0 Å². The summed E-state index contributed by atoms with van der Waals surface area (Å²) in [4.78, 5) is 10.8. The number of carboxylic acid groups (broad SMARTS) is 1. The van der Waals surface area contributed by atoms with Gasteiger partial charge in [0.15, 0.2) is 0 Å². The Kier molecular flexibility index (Phi) is 3.28. The number of carbonyl (C=O) groups is 1. The van der Waals surface area contributed by atoms with Gasteiger partial charge in [0.1, 0.15) is 5.75 Å². The molecule has 4 heteroatoms. The van der Waals surface area contributed by atoms with E-state index in [2.05, 4.69) is 0 Å². The first-order chi connectivity index (χ1) is 8.54. The Morgan fingerprint density at radius 1 is 1.50 bits per heavy atom. The molecule has 4 nitrogen and oxygen atoms in total. The molecule has 1 aromatic carbocycles. The lowest BCUT2D eigenvalue weighted by molar-refractivity contribution is -0.137. The second-order valence-electron chi connectivity index (χ2n) is 4.55. The maximum absolute atomic E-state index is 10.8. The molecule has 0 spiro atoms.